The van der Waals surface area contributed by atoms with Gasteiger partial charge in [-0.05, 0) is 52.4 Å². The van der Waals surface area contributed by atoms with Crippen LogP contribution in [-0.2, 0) is 24.4 Å². The summed E-state index contributed by atoms with van der Waals surface area (Å²) in [6, 6.07) is -0.412. The van der Waals surface area contributed by atoms with Gasteiger partial charge < -0.3 is 34.2 Å². The van der Waals surface area contributed by atoms with Crippen LogP contribution in [0.1, 0.15) is 97.3 Å². The number of nitrogens with zero attached hydrogens (tertiary/aromatic N) is 5. The Bertz CT molecular complexity index is 1170. The summed E-state index contributed by atoms with van der Waals surface area (Å²) in [6.45, 7) is 19.0. The van der Waals surface area contributed by atoms with Crippen LogP contribution in [-0.4, -0.2) is 120 Å². The fourth-order valence-electron chi connectivity index (χ4n) is 5.93. The first-order valence-corrected chi connectivity index (χ1v) is 16.7. The van der Waals surface area contributed by atoms with Gasteiger partial charge in [0.2, 0.25) is 5.91 Å². The highest BCUT2D eigenvalue weighted by Gasteiger charge is 2.42. The number of carbonyl (C=O) groups is 3. The van der Waals surface area contributed by atoms with Crippen molar-refractivity contribution in [3.8, 4) is 0 Å². The number of methoxy groups -OCH3 is 2. The van der Waals surface area contributed by atoms with Crippen LogP contribution in [0.15, 0.2) is 6.20 Å². The van der Waals surface area contributed by atoms with Gasteiger partial charge in [-0.15, -0.1) is 0 Å². The lowest BCUT2D eigenvalue weighted by Gasteiger charge is -2.44. The molecular formula is C34H58N6O6. The van der Waals surface area contributed by atoms with Crippen LogP contribution in [0.4, 0.5) is 10.6 Å². The second-order valence-electron chi connectivity index (χ2n) is 15.1. The summed E-state index contributed by atoms with van der Waals surface area (Å²) in [5, 5.41) is 3.35. The molecule has 2 fully saturated rings. The molecule has 46 heavy (non-hydrogen) atoms. The minimum absolute atomic E-state index is 0.00289. The van der Waals surface area contributed by atoms with Gasteiger partial charge in [0.05, 0.1) is 18.1 Å². The van der Waals surface area contributed by atoms with Crippen LogP contribution < -0.4 is 5.32 Å². The molecule has 0 spiro atoms. The number of likely N-dealkylation sites (tertiary alicyclic amines) is 2. The Kier molecular flexibility index (Phi) is 13.2. The van der Waals surface area contributed by atoms with Crippen LogP contribution in [0.3, 0.4) is 0 Å². The molecule has 0 aliphatic carbocycles. The van der Waals surface area contributed by atoms with Gasteiger partial charge in [0, 0.05) is 71.7 Å². The van der Waals surface area contributed by atoms with Crippen molar-refractivity contribution in [3.05, 3.63) is 17.6 Å². The maximum Gasteiger partial charge on any atom is 0.410 e. The van der Waals surface area contributed by atoms with Gasteiger partial charge in [0.1, 0.15) is 22.8 Å². The average Bonchev–Trinajstić information content (AvgIpc) is 2.99. The number of piperidine rings is 2. The minimum atomic E-state index is -0.700. The van der Waals surface area contributed by atoms with E-state index in [1.54, 1.807) is 25.3 Å². The van der Waals surface area contributed by atoms with Crippen molar-refractivity contribution in [3.63, 3.8) is 0 Å². The Labute approximate surface area is 275 Å². The Hall–Kier alpha value is -2.99. The summed E-state index contributed by atoms with van der Waals surface area (Å²) in [5.74, 6) is 0.540. The lowest BCUT2D eigenvalue weighted by atomic mass is 9.90. The molecule has 260 valence electrons. The first kappa shape index (κ1) is 37.5. The summed E-state index contributed by atoms with van der Waals surface area (Å²) in [4.78, 5) is 56.6. The Morgan fingerprint density at radius 2 is 1.72 bits per heavy atom. The normalized spacial score (nSPS) is 19.7. The van der Waals surface area contributed by atoms with E-state index in [0.29, 0.717) is 56.4 Å². The van der Waals surface area contributed by atoms with Gasteiger partial charge in [0.25, 0.3) is 5.91 Å². The molecule has 3 amide bonds. The molecular weight excluding hydrogens is 588 g/mol. The number of aromatic nitrogens is 2. The largest absolute Gasteiger partial charge is 0.444 e. The van der Waals surface area contributed by atoms with Crippen LogP contribution in [0.2, 0.25) is 0 Å². The third-order valence-electron chi connectivity index (χ3n) is 8.29. The van der Waals surface area contributed by atoms with Crippen molar-refractivity contribution in [2.45, 2.75) is 104 Å². The SMILES string of the molecule is COCCCNc1nc(C(C)(C)C)ncc1C(=O)N(CC(C)C)[C@H]1C[C@@H](C(=O)N2CCC(OC)CC2)CN(C(=O)OC(C)(C)C)C1. The second-order valence-corrected chi connectivity index (χ2v) is 15.1. The van der Waals surface area contributed by atoms with Crippen LogP contribution in [0.5, 0.6) is 0 Å². The molecule has 2 atom stereocenters. The quantitative estimate of drug-likeness (QED) is 0.344. The molecule has 3 heterocycles. The highest BCUT2D eigenvalue weighted by atomic mass is 16.6. The first-order chi connectivity index (χ1) is 21.5. The molecule has 12 nitrogen and oxygen atoms in total. The third-order valence-corrected chi connectivity index (χ3v) is 8.29. The van der Waals surface area contributed by atoms with Gasteiger partial charge in [-0.1, -0.05) is 34.6 Å². The summed E-state index contributed by atoms with van der Waals surface area (Å²) >= 11 is 0. The van der Waals surface area contributed by atoms with E-state index in [-0.39, 0.29) is 42.3 Å². The highest BCUT2D eigenvalue weighted by Crippen LogP contribution is 2.29. The van der Waals surface area contributed by atoms with E-state index >= 15 is 0 Å². The third kappa shape index (κ3) is 10.5. The fraction of sp³-hybridized carbons (Fsp3) is 0.794. The zero-order valence-electron chi connectivity index (χ0n) is 29.9. The fourth-order valence-corrected chi connectivity index (χ4v) is 5.93. The number of amides is 3. The Morgan fingerprint density at radius 1 is 1.04 bits per heavy atom. The zero-order chi connectivity index (χ0) is 34.2. The Morgan fingerprint density at radius 3 is 2.28 bits per heavy atom. The monoisotopic (exact) mass is 646 g/mol. The lowest BCUT2D eigenvalue weighted by molar-refractivity contribution is -0.140. The smallest absolute Gasteiger partial charge is 0.410 e. The molecule has 1 N–H and O–H groups in total. The van der Waals surface area contributed by atoms with E-state index in [1.807, 2.05) is 51.3 Å². The van der Waals surface area contributed by atoms with Crippen molar-refractivity contribution < 1.29 is 28.6 Å². The molecule has 0 radical (unpaired) electrons. The maximum absolute atomic E-state index is 14.5. The molecule has 1 aromatic heterocycles. The van der Waals surface area contributed by atoms with Crippen molar-refractivity contribution in [2.75, 3.05) is 65.4 Å². The number of anilines is 1. The molecule has 2 aliphatic heterocycles. The maximum atomic E-state index is 14.5. The second kappa shape index (κ2) is 16.2. The molecule has 2 aliphatic rings. The summed E-state index contributed by atoms with van der Waals surface area (Å²) in [5.41, 5.74) is -0.649. The van der Waals surface area contributed by atoms with E-state index in [1.165, 1.54) is 0 Å². The molecule has 3 rings (SSSR count). The number of ether oxygens (including phenoxy) is 3. The van der Waals surface area contributed by atoms with E-state index in [2.05, 4.69) is 24.1 Å². The van der Waals surface area contributed by atoms with Gasteiger partial charge in [0.15, 0.2) is 0 Å². The molecule has 0 unspecified atom stereocenters. The first-order valence-electron chi connectivity index (χ1n) is 16.7. The van der Waals surface area contributed by atoms with Crippen LogP contribution >= 0.6 is 0 Å². The van der Waals surface area contributed by atoms with Crippen LogP contribution in [0, 0.1) is 11.8 Å². The molecule has 0 bridgehead atoms. The number of rotatable bonds is 11. The summed E-state index contributed by atoms with van der Waals surface area (Å²) in [7, 11) is 3.36. The molecule has 12 heteroatoms. The van der Waals surface area contributed by atoms with Crippen molar-refractivity contribution in [1.82, 2.24) is 24.7 Å². The number of carbonyl (C=O) groups excluding carboxylic acids is 3. The zero-order valence-corrected chi connectivity index (χ0v) is 29.9. The number of hydrogen-bond acceptors (Lipinski definition) is 9. The predicted octanol–water partition coefficient (Wildman–Crippen LogP) is 4.58. The van der Waals surface area contributed by atoms with Crippen molar-refractivity contribution in [1.29, 1.82) is 0 Å². The standard InChI is InChI=1S/C34H58N6O6/c1-23(2)20-40(30(42)27-19-36-31(33(3,4)5)37-28(27)35-14-11-17-44-9)25-18-24(21-39(22-25)32(43)46-34(6,7)8)29(41)38-15-12-26(45-10)13-16-38/h19,23-26H,11-18,20-22H2,1-10H3,(H,35,36,37)/t24-,25+/m1/s1. The highest BCUT2D eigenvalue weighted by molar-refractivity contribution is 5.98. The van der Waals surface area contributed by atoms with Gasteiger partial charge in [-0.2, -0.15) is 0 Å². The average molecular weight is 647 g/mol. The summed E-state index contributed by atoms with van der Waals surface area (Å²) in [6.07, 6.45) is 4.01. The van der Waals surface area contributed by atoms with Crippen molar-refractivity contribution in [2.24, 2.45) is 11.8 Å². The minimum Gasteiger partial charge on any atom is -0.444 e. The topological polar surface area (TPSA) is 126 Å². The lowest BCUT2D eigenvalue weighted by Crippen LogP contribution is -2.58. The van der Waals surface area contributed by atoms with E-state index < -0.39 is 23.7 Å². The van der Waals surface area contributed by atoms with E-state index in [0.717, 1.165) is 19.3 Å². The van der Waals surface area contributed by atoms with Crippen LogP contribution in [0.25, 0.3) is 0 Å². The molecule has 0 aromatic carbocycles. The van der Waals surface area contributed by atoms with Crippen molar-refractivity contribution >= 4 is 23.7 Å². The van der Waals surface area contributed by atoms with Gasteiger partial charge in [-0.3, -0.25) is 9.59 Å². The molecule has 1 aromatic rings. The number of nitrogens with one attached hydrogen (secondary N) is 1. The number of hydrogen-bond donors (Lipinski definition) is 1. The van der Waals surface area contributed by atoms with Gasteiger partial charge >= 0.3 is 6.09 Å². The van der Waals surface area contributed by atoms with E-state index in [4.69, 9.17) is 19.2 Å². The summed E-state index contributed by atoms with van der Waals surface area (Å²) < 4.78 is 16.5. The van der Waals surface area contributed by atoms with E-state index in [9.17, 15) is 14.4 Å². The predicted molar refractivity (Wildman–Crippen MR) is 178 cm³/mol. The van der Waals surface area contributed by atoms with Gasteiger partial charge in [-0.25, -0.2) is 14.8 Å². The molecule has 2 saturated heterocycles. The molecule has 0 saturated carbocycles. The Balaban J connectivity index is 1.98.